The molecular weight excluding hydrogens is 411 g/mol. The first-order valence-electron chi connectivity index (χ1n) is 5.77. The summed E-state index contributed by atoms with van der Waals surface area (Å²) >= 11 is 35.7. The van der Waals surface area contributed by atoms with Gasteiger partial charge in [-0.2, -0.15) is 5.10 Å². The van der Waals surface area contributed by atoms with Gasteiger partial charge in [0.25, 0.3) is 0 Å². The highest BCUT2D eigenvalue weighted by atomic mass is 35.5. The van der Waals surface area contributed by atoms with Crippen LogP contribution in [0.25, 0.3) is 0 Å². The molecule has 0 aliphatic heterocycles. The Labute approximate surface area is 157 Å². The predicted molar refractivity (Wildman–Crippen MR) is 96.6 cm³/mol. The first-order valence-corrected chi connectivity index (χ1v) is 8.03. The third-order valence-electron chi connectivity index (χ3n) is 2.64. The number of nitrogens with one attached hydrogen (secondary N) is 1. The van der Waals surface area contributed by atoms with Crippen LogP contribution in [0.4, 0.5) is 5.82 Å². The van der Waals surface area contributed by atoms with Gasteiger partial charge in [0, 0.05) is 5.56 Å². The van der Waals surface area contributed by atoms with Crippen LogP contribution in [0.15, 0.2) is 23.3 Å². The molecule has 2 rings (SSSR count). The van der Waals surface area contributed by atoms with Crippen molar-refractivity contribution >= 4 is 81.1 Å². The molecule has 0 unspecified atom stereocenters. The van der Waals surface area contributed by atoms with Crippen LogP contribution < -0.4 is 5.43 Å². The molecule has 0 bridgehead atoms. The number of rotatable bonds is 3. The van der Waals surface area contributed by atoms with Crippen molar-refractivity contribution in [1.82, 2.24) is 4.98 Å². The monoisotopic (exact) mass is 415 g/mol. The molecule has 116 valence electrons. The van der Waals surface area contributed by atoms with E-state index < -0.39 is 0 Å². The summed E-state index contributed by atoms with van der Waals surface area (Å²) in [5, 5.41) is 5.76. The number of halogens is 6. The second-order valence-electron chi connectivity index (χ2n) is 4.12. The molecule has 0 saturated heterocycles. The highest BCUT2D eigenvalue weighted by Crippen LogP contribution is 2.33. The SMILES string of the molecule is CC(=NNc1nc(Cl)c(Cl)cc1Cl)c1ccc(Cl)c(Cl)c1Cl. The molecule has 9 heteroatoms. The number of pyridine rings is 1. The minimum Gasteiger partial charge on any atom is -0.260 e. The Bertz CT molecular complexity index is 760. The fourth-order valence-corrected chi connectivity index (χ4v) is 2.74. The second kappa shape index (κ2) is 7.43. The summed E-state index contributed by atoms with van der Waals surface area (Å²) in [6.45, 7) is 1.74. The van der Waals surface area contributed by atoms with Crippen molar-refractivity contribution in [2.24, 2.45) is 5.10 Å². The van der Waals surface area contributed by atoms with E-state index in [0.717, 1.165) is 0 Å². The number of aromatic nitrogens is 1. The minimum absolute atomic E-state index is 0.119. The lowest BCUT2D eigenvalue weighted by atomic mass is 10.1. The Kier molecular flexibility index (Phi) is 6.06. The number of hydrazone groups is 1. The van der Waals surface area contributed by atoms with Crippen LogP contribution in [-0.4, -0.2) is 10.7 Å². The lowest BCUT2D eigenvalue weighted by molar-refractivity contribution is 1.22. The molecule has 1 N–H and O–H groups in total. The van der Waals surface area contributed by atoms with Crippen LogP contribution >= 0.6 is 69.6 Å². The highest BCUT2D eigenvalue weighted by Gasteiger charge is 2.12. The molecule has 1 heterocycles. The second-order valence-corrected chi connectivity index (χ2v) is 6.46. The molecule has 1 aromatic heterocycles. The third-order valence-corrected chi connectivity index (χ3v) is 4.90. The predicted octanol–water partition coefficient (Wildman–Crippen LogP) is 6.84. The summed E-state index contributed by atoms with van der Waals surface area (Å²) in [6.07, 6.45) is 0. The molecule has 0 spiro atoms. The fourth-order valence-electron chi connectivity index (χ4n) is 1.52. The first-order chi connectivity index (χ1) is 10.3. The summed E-state index contributed by atoms with van der Waals surface area (Å²) in [5.74, 6) is 0.270. The van der Waals surface area contributed by atoms with Crippen LogP contribution in [0.1, 0.15) is 12.5 Å². The number of anilines is 1. The molecule has 0 amide bonds. The van der Waals surface area contributed by atoms with E-state index in [4.69, 9.17) is 69.6 Å². The molecule has 3 nitrogen and oxygen atoms in total. The van der Waals surface area contributed by atoms with Gasteiger partial charge >= 0.3 is 0 Å². The van der Waals surface area contributed by atoms with Gasteiger partial charge in [0.05, 0.1) is 30.8 Å². The molecule has 0 atom stereocenters. The molecule has 2 aromatic rings. The van der Waals surface area contributed by atoms with Crippen molar-refractivity contribution < 1.29 is 0 Å². The van der Waals surface area contributed by atoms with Crippen molar-refractivity contribution in [2.75, 3.05) is 5.43 Å². The molecule has 0 fully saturated rings. The van der Waals surface area contributed by atoms with E-state index >= 15 is 0 Å². The lowest BCUT2D eigenvalue weighted by Crippen LogP contribution is -2.02. The van der Waals surface area contributed by atoms with Gasteiger partial charge in [-0.25, -0.2) is 4.98 Å². The van der Waals surface area contributed by atoms with Gasteiger partial charge in [-0.3, -0.25) is 5.43 Å². The topological polar surface area (TPSA) is 37.3 Å². The third kappa shape index (κ3) is 3.91. The molecule has 0 aliphatic rings. The van der Waals surface area contributed by atoms with Gasteiger partial charge in [-0.1, -0.05) is 75.7 Å². The van der Waals surface area contributed by atoms with Gasteiger partial charge < -0.3 is 0 Å². The maximum Gasteiger partial charge on any atom is 0.166 e. The number of hydrogen-bond acceptors (Lipinski definition) is 3. The van der Waals surface area contributed by atoms with Crippen molar-refractivity contribution in [1.29, 1.82) is 0 Å². The van der Waals surface area contributed by atoms with E-state index in [0.29, 0.717) is 21.3 Å². The molecule has 1 aromatic carbocycles. The van der Waals surface area contributed by atoms with E-state index in [2.05, 4.69) is 15.5 Å². The van der Waals surface area contributed by atoms with Crippen LogP contribution in [-0.2, 0) is 0 Å². The number of hydrogen-bond donors (Lipinski definition) is 1. The highest BCUT2D eigenvalue weighted by molar-refractivity contribution is 6.49. The zero-order valence-electron chi connectivity index (χ0n) is 10.9. The van der Waals surface area contributed by atoms with Crippen LogP contribution in [0, 0.1) is 0 Å². The molecule has 0 radical (unpaired) electrons. The Morgan fingerprint density at radius 3 is 2.32 bits per heavy atom. The van der Waals surface area contributed by atoms with Crippen molar-refractivity contribution in [3.8, 4) is 0 Å². The van der Waals surface area contributed by atoms with Crippen LogP contribution in [0.3, 0.4) is 0 Å². The summed E-state index contributed by atoms with van der Waals surface area (Å²) < 4.78 is 0. The molecular formula is C13H7Cl6N3. The number of nitrogens with zero attached hydrogens (tertiary/aromatic N) is 2. The average molecular weight is 418 g/mol. The van der Waals surface area contributed by atoms with E-state index in [1.165, 1.54) is 6.07 Å². The minimum atomic E-state index is 0.119. The van der Waals surface area contributed by atoms with Crippen LogP contribution in [0.5, 0.6) is 0 Å². The van der Waals surface area contributed by atoms with Gasteiger partial charge in [-0.15, -0.1) is 0 Å². The molecule has 0 aliphatic carbocycles. The smallest absolute Gasteiger partial charge is 0.166 e. The quantitative estimate of drug-likeness (QED) is 0.257. The van der Waals surface area contributed by atoms with Gasteiger partial charge in [0.2, 0.25) is 0 Å². The van der Waals surface area contributed by atoms with E-state index in [1.807, 2.05) is 0 Å². The first kappa shape index (κ1) is 17.9. The van der Waals surface area contributed by atoms with Crippen molar-refractivity contribution in [3.63, 3.8) is 0 Å². The van der Waals surface area contributed by atoms with Crippen molar-refractivity contribution in [3.05, 3.63) is 54.0 Å². The summed E-state index contributed by atoms with van der Waals surface area (Å²) in [7, 11) is 0. The Morgan fingerprint density at radius 2 is 1.64 bits per heavy atom. The van der Waals surface area contributed by atoms with E-state index in [1.54, 1.807) is 19.1 Å². The van der Waals surface area contributed by atoms with Gasteiger partial charge in [0.1, 0.15) is 5.15 Å². The average Bonchev–Trinajstić information content (AvgIpc) is 2.47. The summed E-state index contributed by atoms with van der Waals surface area (Å²) in [4.78, 5) is 4.00. The fraction of sp³-hybridized carbons (Fsp3) is 0.0769. The van der Waals surface area contributed by atoms with E-state index in [-0.39, 0.29) is 26.0 Å². The maximum atomic E-state index is 6.15. The summed E-state index contributed by atoms with van der Waals surface area (Å²) in [6, 6.07) is 4.81. The Hall–Kier alpha value is -0.420. The molecule has 0 saturated carbocycles. The Morgan fingerprint density at radius 1 is 0.955 bits per heavy atom. The van der Waals surface area contributed by atoms with Crippen molar-refractivity contribution in [2.45, 2.75) is 6.92 Å². The van der Waals surface area contributed by atoms with E-state index in [9.17, 15) is 0 Å². The molecule has 22 heavy (non-hydrogen) atoms. The largest absolute Gasteiger partial charge is 0.260 e. The van der Waals surface area contributed by atoms with Gasteiger partial charge in [-0.05, 0) is 19.1 Å². The zero-order valence-corrected chi connectivity index (χ0v) is 15.4. The normalized spacial score (nSPS) is 11.7. The summed E-state index contributed by atoms with van der Waals surface area (Å²) in [5.41, 5.74) is 3.89. The lowest BCUT2D eigenvalue weighted by Gasteiger charge is -2.08. The standard InChI is InChI=1S/C13H7Cl6N3/c1-5(6-2-3-7(14)11(18)10(6)17)21-22-13-9(16)4-8(15)12(19)20-13/h2-4H,1H3,(H,20,22). The van der Waals surface area contributed by atoms with Crippen LogP contribution in [0.2, 0.25) is 30.3 Å². The number of benzene rings is 1. The zero-order chi connectivity index (χ0) is 16.4. The maximum absolute atomic E-state index is 6.15. The Balaban J connectivity index is 2.31. The van der Waals surface area contributed by atoms with Gasteiger partial charge in [0.15, 0.2) is 5.82 Å².